The van der Waals surface area contributed by atoms with Crippen LogP contribution in [0.1, 0.15) is 44.5 Å². The first-order chi connectivity index (χ1) is 20.9. The molecule has 0 aliphatic rings. The third-order valence-corrected chi connectivity index (χ3v) is 6.18. The number of hydrogen-bond acceptors (Lipinski definition) is 6. The minimum Gasteiger partial charge on any atom is -0.508 e. The Labute approximate surface area is 272 Å². The van der Waals surface area contributed by atoms with Crippen LogP contribution in [0.3, 0.4) is 0 Å². The van der Waals surface area contributed by atoms with Crippen molar-refractivity contribution >= 4 is 22.5 Å². The van der Waals surface area contributed by atoms with Crippen molar-refractivity contribution in [2.24, 2.45) is 0 Å². The Hall–Kier alpha value is -6.48. The van der Waals surface area contributed by atoms with Gasteiger partial charge >= 0.3 is 0 Å². The Balaban J connectivity index is 0.000000827. The summed E-state index contributed by atoms with van der Waals surface area (Å²) in [4.78, 5) is 7.01. The number of allylic oxidation sites excluding steroid dienone is 2. The average molecular weight is 615 g/mol. The summed E-state index contributed by atoms with van der Waals surface area (Å²) < 4.78 is 15.3. The Bertz CT molecular complexity index is 1710. The SMILES string of the molecule is C.C.C.[C-]#[N+]/C(=C(/C#N)c1ccc(OC)cc1)c1ccc(O)cc1.[C-]#[N+]/C(=C(/C#N)c1ccc(OC)cc1)c1ccc(OC)cc1. The van der Waals surface area contributed by atoms with Crippen molar-refractivity contribution in [3.8, 4) is 35.1 Å². The van der Waals surface area contributed by atoms with Crippen LogP contribution in [0.15, 0.2) is 97.1 Å². The normalized spacial score (nSPS) is 10.2. The third kappa shape index (κ3) is 9.78. The van der Waals surface area contributed by atoms with E-state index < -0.39 is 0 Å². The van der Waals surface area contributed by atoms with E-state index in [1.807, 2.05) is 0 Å². The van der Waals surface area contributed by atoms with Crippen LogP contribution < -0.4 is 14.2 Å². The minimum atomic E-state index is 0. The average Bonchev–Trinajstić information content (AvgIpc) is 3.07. The zero-order valence-corrected chi connectivity index (χ0v) is 23.7. The fourth-order valence-electron chi connectivity index (χ4n) is 3.92. The summed E-state index contributed by atoms with van der Waals surface area (Å²) in [6.07, 6.45) is 0. The Morgan fingerprint density at radius 3 is 1.02 bits per heavy atom. The second-order valence-electron chi connectivity index (χ2n) is 8.63. The van der Waals surface area contributed by atoms with Gasteiger partial charge in [-0.25, -0.2) is 9.69 Å². The van der Waals surface area contributed by atoms with E-state index in [0.717, 1.165) is 0 Å². The van der Waals surface area contributed by atoms with Crippen LogP contribution in [-0.4, -0.2) is 26.4 Å². The van der Waals surface area contributed by atoms with Crippen molar-refractivity contribution in [3.63, 3.8) is 0 Å². The Morgan fingerprint density at radius 2 is 0.783 bits per heavy atom. The lowest BCUT2D eigenvalue weighted by Crippen LogP contribution is -1.90. The summed E-state index contributed by atoms with van der Waals surface area (Å²) in [5.41, 5.74) is 3.81. The maximum atomic E-state index is 9.46. The number of ether oxygens (including phenoxy) is 3. The predicted octanol–water partition coefficient (Wildman–Crippen LogP) is 9.64. The summed E-state index contributed by atoms with van der Waals surface area (Å²) in [5.74, 6) is 2.21. The van der Waals surface area contributed by atoms with Gasteiger partial charge in [0.05, 0.1) is 57.8 Å². The summed E-state index contributed by atoms with van der Waals surface area (Å²) in [7, 11) is 4.73. The van der Waals surface area contributed by atoms with Crippen LogP contribution in [-0.2, 0) is 0 Å². The minimum absolute atomic E-state index is 0. The van der Waals surface area contributed by atoms with E-state index in [2.05, 4.69) is 21.8 Å². The molecule has 0 atom stereocenters. The molecule has 0 aliphatic carbocycles. The standard InChI is InChI=1S/C18H14N2O2.C17H12N2O2.3CH4/c1-20-18(14-6-10-16(22-3)11-7-14)17(12-19)13-4-8-15(21-2)9-5-13;1-19-17(13-3-7-14(20)8-4-13)16(11-18)12-5-9-15(21-2)10-6-12;;;/h4-11H,2-3H3;3-10,20H,2H3;3*1H4/b18-17-;17-16-;;;. The van der Waals surface area contributed by atoms with E-state index in [4.69, 9.17) is 27.4 Å². The van der Waals surface area contributed by atoms with E-state index >= 15 is 0 Å². The van der Waals surface area contributed by atoms with Gasteiger partial charge in [0.25, 0.3) is 0 Å². The molecule has 46 heavy (non-hydrogen) atoms. The van der Waals surface area contributed by atoms with Gasteiger partial charge in [-0.1, -0.05) is 70.8 Å². The summed E-state index contributed by atoms with van der Waals surface area (Å²) in [6.45, 7) is 14.8. The van der Waals surface area contributed by atoms with Gasteiger partial charge in [-0.3, -0.25) is 0 Å². The monoisotopic (exact) mass is 614 g/mol. The number of phenolic OH excluding ortho intramolecular Hbond substituents is 1. The molecule has 0 heterocycles. The number of benzene rings is 4. The molecule has 1 N–H and O–H groups in total. The second kappa shape index (κ2) is 19.7. The molecular formula is C38H38N4O4. The zero-order chi connectivity index (χ0) is 31.2. The van der Waals surface area contributed by atoms with Crippen LogP contribution in [0.25, 0.3) is 32.2 Å². The van der Waals surface area contributed by atoms with E-state index in [1.165, 1.54) is 12.1 Å². The van der Waals surface area contributed by atoms with Crippen molar-refractivity contribution in [3.05, 3.63) is 142 Å². The fourth-order valence-corrected chi connectivity index (χ4v) is 3.92. The molecule has 4 aromatic rings. The molecule has 234 valence electrons. The number of nitrogens with zero attached hydrogens (tertiary/aromatic N) is 4. The number of methoxy groups -OCH3 is 3. The second-order valence-corrected chi connectivity index (χ2v) is 8.63. The molecule has 0 saturated heterocycles. The predicted molar refractivity (Wildman–Crippen MR) is 185 cm³/mol. The van der Waals surface area contributed by atoms with Crippen molar-refractivity contribution in [1.29, 1.82) is 10.5 Å². The highest BCUT2D eigenvalue weighted by molar-refractivity contribution is 6.00. The van der Waals surface area contributed by atoms with Crippen molar-refractivity contribution < 1.29 is 19.3 Å². The summed E-state index contributed by atoms with van der Waals surface area (Å²) in [6, 6.07) is 31.5. The molecule has 0 aromatic heterocycles. The van der Waals surface area contributed by atoms with Crippen molar-refractivity contribution in [1.82, 2.24) is 0 Å². The van der Waals surface area contributed by atoms with Gasteiger partial charge in [0.1, 0.15) is 23.0 Å². The molecule has 0 bridgehead atoms. The third-order valence-electron chi connectivity index (χ3n) is 6.18. The molecule has 8 heteroatoms. The van der Waals surface area contributed by atoms with Gasteiger partial charge in [0.2, 0.25) is 11.4 Å². The molecule has 4 rings (SSSR count). The maximum Gasteiger partial charge on any atom is 0.212 e. The lowest BCUT2D eigenvalue weighted by atomic mass is 10.0. The highest BCUT2D eigenvalue weighted by Gasteiger charge is 2.13. The van der Waals surface area contributed by atoms with Crippen LogP contribution in [0.5, 0.6) is 23.0 Å². The van der Waals surface area contributed by atoms with Gasteiger partial charge in [-0.15, -0.1) is 0 Å². The maximum absolute atomic E-state index is 9.46. The first-order valence-electron chi connectivity index (χ1n) is 12.7. The van der Waals surface area contributed by atoms with Crippen molar-refractivity contribution in [2.75, 3.05) is 21.3 Å². The van der Waals surface area contributed by atoms with Gasteiger partial charge in [0, 0.05) is 0 Å². The van der Waals surface area contributed by atoms with Crippen LogP contribution in [0, 0.1) is 35.8 Å². The first kappa shape index (κ1) is 39.5. The van der Waals surface area contributed by atoms with Gasteiger partial charge in [0.15, 0.2) is 0 Å². The Morgan fingerprint density at radius 1 is 0.522 bits per heavy atom. The molecular weight excluding hydrogens is 576 g/mol. The first-order valence-corrected chi connectivity index (χ1v) is 12.7. The lowest BCUT2D eigenvalue weighted by molar-refractivity contribution is 0.414. The molecule has 8 nitrogen and oxygen atoms in total. The van der Waals surface area contributed by atoms with Gasteiger partial charge in [-0.2, -0.15) is 10.5 Å². The van der Waals surface area contributed by atoms with E-state index in [9.17, 15) is 15.6 Å². The van der Waals surface area contributed by atoms with Gasteiger partial charge in [-0.05, 0) is 70.8 Å². The number of nitriles is 2. The quantitative estimate of drug-likeness (QED) is 0.126. The molecule has 0 fully saturated rings. The molecule has 0 unspecified atom stereocenters. The summed E-state index contributed by atoms with van der Waals surface area (Å²) >= 11 is 0. The molecule has 4 aromatic carbocycles. The topological polar surface area (TPSA) is 104 Å². The highest BCUT2D eigenvalue weighted by Crippen LogP contribution is 2.30. The van der Waals surface area contributed by atoms with Crippen molar-refractivity contribution in [2.45, 2.75) is 22.3 Å². The highest BCUT2D eigenvalue weighted by atomic mass is 16.5. The zero-order valence-electron chi connectivity index (χ0n) is 23.7. The van der Waals surface area contributed by atoms with Gasteiger partial charge < -0.3 is 19.3 Å². The number of rotatable bonds is 7. The molecule has 0 saturated carbocycles. The number of phenols is 1. The Kier molecular flexibility index (Phi) is 16.9. The molecule has 0 amide bonds. The molecule has 0 aliphatic heterocycles. The van der Waals surface area contributed by atoms with Crippen LogP contribution in [0.2, 0.25) is 0 Å². The van der Waals surface area contributed by atoms with E-state index in [1.54, 1.807) is 106 Å². The van der Waals surface area contributed by atoms with Crippen LogP contribution in [0.4, 0.5) is 0 Å². The summed E-state index contributed by atoms with van der Waals surface area (Å²) in [5, 5.41) is 28.2. The lowest BCUT2D eigenvalue weighted by Gasteiger charge is -2.06. The van der Waals surface area contributed by atoms with E-state index in [-0.39, 0.29) is 33.7 Å². The molecule has 0 radical (unpaired) electrons. The van der Waals surface area contributed by atoms with E-state index in [0.29, 0.717) is 56.3 Å². The largest absolute Gasteiger partial charge is 0.508 e. The smallest absolute Gasteiger partial charge is 0.212 e. The molecule has 0 spiro atoms. The van der Waals surface area contributed by atoms with Crippen LogP contribution >= 0.6 is 0 Å². The number of aromatic hydroxyl groups is 1. The fraction of sp³-hybridized carbons (Fsp3) is 0.158. The number of hydrogen-bond donors (Lipinski definition) is 1.